The summed E-state index contributed by atoms with van der Waals surface area (Å²) in [5, 5.41) is 17.6. The number of aliphatic carboxylic acids is 2. The van der Waals surface area contributed by atoms with Gasteiger partial charge >= 0.3 is 11.9 Å². The maximum atomic E-state index is 11.0. The lowest BCUT2D eigenvalue weighted by atomic mass is 10.1. The molecule has 5 heteroatoms. The Bertz CT molecular complexity index is 240. The molecule has 0 aliphatic carbocycles. The van der Waals surface area contributed by atoms with Gasteiger partial charge in [0, 0.05) is 13.1 Å². The standard InChI is InChI=1S/C11H21NO4/c1-4-9(11(15)16)12(7-8(2)3)6-5-10(13)14/h8-9H,4-7H2,1-3H3,(H,13,14)(H,15,16). The molecule has 0 aliphatic heterocycles. The first-order valence-electron chi connectivity index (χ1n) is 5.57. The molecule has 0 aromatic rings. The van der Waals surface area contributed by atoms with Gasteiger partial charge in [-0.25, -0.2) is 0 Å². The van der Waals surface area contributed by atoms with Gasteiger partial charge in [0.15, 0.2) is 0 Å². The van der Waals surface area contributed by atoms with Crippen LogP contribution in [0.4, 0.5) is 0 Å². The molecule has 0 saturated carbocycles. The van der Waals surface area contributed by atoms with Crippen molar-refractivity contribution >= 4 is 11.9 Å². The Morgan fingerprint density at radius 2 is 1.81 bits per heavy atom. The van der Waals surface area contributed by atoms with E-state index < -0.39 is 18.0 Å². The highest BCUT2D eigenvalue weighted by molar-refractivity contribution is 5.73. The molecule has 0 saturated heterocycles. The fourth-order valence-electron chi connectivity index (χ4n) is 1.67. The van der Waals surface area contributed by atoms with E-state index in [1.807, 2.05) is 13.8 Å². The average molecular weight is 231 g/mol. The molecule has 0 aliphatic rings. The highest BCUT2D eigenvalue weighted by Crippen LogP contribution is 2.09. The van der Waals surface area contributed by atoms with E-state index in [4.69, 9.17) is 10.2 Å². The summed E-state index contributed by atoms with van der Waals surface area (Å²) in [4.78, 5) is 23.2. The Balaban J connectivity index is 4.49. The topological polar surface area (TPSA) is 77.8 Å². The lowest BCUT2D eigenvalue weighted by Crippen LogP contribution is -2.43. The van der Waals surface area contributed by atoms with Gasteiger partial charge in [-0.1, -0.05) is 20.8 Å². The van der Waals surface area contributed by atoms with Crippen molar-refractivity contribution in [2.75, 3.05) is 13.1 Å². The molecule has 5 nitrogen and oxygen atoms in total. The number of hydrogen-bond acceptors (Lipinski definition) is 3. The zero-order valence-corrected chi connectivity index (χ0v) is 10.1. The van der Waals surface area contributed by atoms with Gasteiger partial charge in [-0.3, -0.25) is 14.5 Å². The van der Waals surface area contributed by atoms with Gasteiger partial charge in [-0.2, -0.15) is 0 Å². The third-order valence-electron chi connectivity index (χ3n) is 2.33. The van der Waals surface area contributed by atoms with E-state index in [-0.39, 0.29) is 6.42 Å². The van der Waals surface area contributed by atoms with Crippen LogP contribution in [0.2, 0.25) is 0 Å². The molecule has 0 amide bonds. The molecule has 0 spiro atoms. The van der Waals surface area contributed by atoms with Crippen LogP contribution in [-0.2, 0) is 9.59 Å². The van der Waals surface area contributed by atoms with Crippen molar-refractivity contribution in [1.82, 2.24) is 4.90 Å². The van der Waals surface area contributed by atoms with E-state index >= 15 is 0 Å². The van der Waals surface area contributed by atoms with Crippen LogP contribution in [0.1, 0.15) is 33.6 Å². The van der Waals surface area contributed by atoms with Crippen LogP contribution < -0.4 is 0 Å². The van der Waals surface area contributed by atoms with Gasteiger partial charge in [0.1, 0.15) is 6.04 Å². The van der Waals surface area contributed by atoms with Gasteiger partial charge in [-0.15, -0.1) is 0 Å². The Morgan fingerprint density at radius 1 is 1.25 bits per heavy atom. The van der Waals surface area contributed by atoms with Crippen molar-refractivity contribution in [1.29, 1.82) is 0 Å². The molecule has 0 fully saturated rings. The zero-order valence-electron chi connectivity index (χ0n) is 10.1. The maximum absolute atomic E-state index is 11.0. The number of carboxylic acid groups (broad SMARTS) is 2. The summed E-state index contributed by atoms with van der Waals surface area (Å²) in [6, 6.07) is -0.582. The van der Waals surface area contributed by atoms with E-state index in [1.54, 1.807) is 11.8 Å². The van der Waals surface area contributed by atoms with Crippen LogP contribution in [-0.4, -0.2) is 46.2 Å². The molecule has 94 valence electrons. The molecule has 1 atom stereocenters. The first kappa shape index (κ1) is 14.9. The molecule has 0 aromatic heterocycles. The minimum atomic E-state index is -0.894. The summed E-state index contributed by atoms with van der Waals surface area (Å²) in [5.41, 5.74) is 0. The second kappa shape index (κ2) is 7.22. The molecule has 2 N–H and O–H groups in total. The molecule has 0 heterocycles. The molecule has 0 radical (unpaired) electrons. The number of nitrogens with zero attached hydrogens (tertiary/aromatic N) is 1. The molecule has 0 rings (SSSR count). The molecule has 0 bridgehead atoms. The van der Waals surface area contributed by atoms with Crippen molar-refractivity contribution in [3.63, 3.8) is 0 Å². The van der Waals surface area contributed by atoms with E-state index in [0.717, 1.165) is 0 Å². The van der Waals surface area contributed by atoms with Gasteiger partial charge in [0.25, 0.3) is 0 Å². The fraction of sp³-hybridized carbons (Fsp3) is 0.818. The smallest absolute Gasteiger partial charge is 0.320 e. The summed E-state index contributed by atoms with van der Waals surface area (Å²) in [7, 11) is 0. The third-order valence-corrected chi connectivity index (χ3v) is 2.33. The zero-order chi connectivity index (χ0) is 12.7. The Morgan fingerprint density at radius 3 is 2.12 bits per heavy atom. The average Bonchev–Trinajstić information content (AvgIpc) is 2.13. The second-order valence-corrected chi connectivity index (χ2v) is 4.29. The summed E-state index contributed by atoms with van der Waals surface area (Å²) in [5.74, 6) is -1.45. The van der Waals surface area contributed by atoms with Crippen LogP contribution in [0.15, 0.2) is 0 Å². The molecule has 1 unspecified atom stereocenters. The lowest BCUT2D eigenvalue weighted by Gasteiger charge is -2.29. The fourth-order valence-corrected chi connectivity index (χ4v) is 1.67. The number of rotatable bonds is 8. The van der Waals surface area contributed by atoms with Crippen LogP contribution in [0.3, 0.4) is 0 Å². The predicted octanol–water partition coefficient (Wildman–Crippen LogP) is 1.28. The highest BCUT2D eigenvalue weighted by Gasteiger charge is 2.24. The van der Waals surface area contributed by atoms with E-state index in [1.165, 1.54) is 0 Å². The molecular formula is C11H21NO4. The Kier molecular flexibility index (Phi) is 6.72. The van der Waals surface area contributed by atoms with E-state index in [9.17, 15) is 9.59 Å². The van der Waals surface area contributed by atoms with Crippen molar-refractivity contribution in [2.45, 2.75) is 39.7 Å². The van der Waals surface area contributed by atoms with Crippen molar-refractivity contribution in [3.8, 4) is 0 Å². The highest BCUT2D eigenvalue weighted by atomic mass is 16.4. The van der Waals surface area contributed by atoms with Crippen LogP contribution in [0, 0.1) is 5.92 Å². The van der Waals surface area contributed by atoms with E-state index in [0.29, 0.717) is 25.4 Å². The van der Waals surface area contributed by atoms with Crippen LogP contribution in [0.5, 0.6) is 0 Å². The third kappa shape index (κ3) is 5.70. The summed E-state index contributed by atoms with van der Waals surface area (Å²) < 4.78 is 0. The van der Waals surface area contributed by atoms with Gasteiger partial charge in [-0.05, 0) is 12.3 Å². The SMILES string of the molecule is CCC(C(=O)O)N(CCC(=O)O)CC(C)C. The first-order chi connectivity index (χ1) is 7.38. The van der Waals surface area contributed by atoms with Gasteiger partial charge < -0.3 is 10.2 Å². The van der Waals surface area contributed by atoms with Crippen molar-refractivity contribution in [2.24, 2.45) is 5.92 Å². The van der Waals surface area contributed by atoms with E-state index in [2.05, 4.69) is 0 Å². The lowest BCUT2D eigenvalue weighted by molar-refractivity contribution is -0.145. The maximum Gasteiger partial charge on any atom is 0.320 e. The van der Waals surface area contributed by atoms with Crippen molar-refractivity contribution < 1.29 is 19.8 Å². The summed E-state index contributed by atoms with van der Waals surface area (Å²) in [6.07, 6.45) is 0.470. The summed E-state index contributed by atoms with van der Waals surface area (Å²) in [6.45, 7) is 6.67. The Labute approximate surface area is 96.1 Å². The summed E-state index contributed by atoms with van der Waals surface area (Å²) >= 11 is 0. The molecule has 0 aromatic carbocycles. The number of hydrogen-bond donors (Lipinski definition) is 2. The monoisotopic (exact) mass is 231 g/mol. The first-order valence-corrected chi connectivity index (χ1v) is 5.57. The van der Waals surface area contributed by atoms with Crippen LogP contribution >= 0.6 is 0 Å². The largest absolute Gasteiger partial charge is 0.481 e. The molecule has 16 heavy (non-hydrogen) atoms. The quantitative estimate of drug-likeness (QED) is 0.658. The minimum absolute atomic E-state index is 0.0174. The Hall–Kier alpha value is -1.10. The second-order valence-electron chi connectivity index (χ2n) is 4.29. The van der Waals surface area contributed by atoms with Gasteiger partial charge in [0.05, 0.1) is 6.42 Å². The van der Waals surface area contributed by atoms with Crippen molar-refractivity contribution in [3.05, 3.63) is 0 Å². The normalized spacial score (nSPS) is 13.1. The number of carbonyl (C=O) groups is 2. The molecular weight excluding hydrogens is 210 g/mol. The minimum Gasteiger partial charge on any atom is -0.481 e. The predicted molar refractivity (Wildman–Crippen MR) is 60.4 cm³/mol. The van der Waals surface area contributed by atoms with Gasteiger partial charge in [0.2, 0.25) is 0 Å². The van der Waals surface area contributed by atoms with Crippen LogP contribution in [0.25, 0.3) is 0 Å². The number of carboxylic acids is 2.